The Labute approximate surface area is 332 Å². The SMILES string of the molecule is CCc1cc(C(c2ccc(C(c3cc(COC)c(O)c(COC)c3)c3cc(COC)c(O)c(COC)c3)cc2)c2cc(CC)c(O)c(CC)c2)cc(CC)c1O. The lowest BCUT2D eigenvalue weighted by Crippen LogP contribution is -2.10. The summed E-state index contributed by atoms with van der Waals surface area (Å²) in [6.45, 7) is 9.08. The maximum absolute atomic E-state index is 11.2. The third kappa shape index (κ3) is 8.90. The molecule has 4 N–H and O–H groups in total. The van der Waals surface area contributed by atoms with Crippen LogP contribution in [-0.4, -0.2) is 48.9 Å². The van der Waals surface area contributed by atoms with Gasteiger partial charge >= 0.3 is 0 Å². The lowest BCUT2D eigenvalue weighted by atomic mass is 9.79. The Kier molecular flexibility index (Phi) is 14.6. The first-order valence-corrected chi connectivity index (χ1v) is 19.5. The third-order valence-electron chi connectivity index (χ3n) is 10.8. The van der Waals surface area contributed by atoms with Crippen molar-refractivity contribution in [2.24, 2.45) is 0 Å². The number of aromatic hydroxyl groups is 4. The van der Waals surface area contributed by atoms with Crippen LogP contribution < -0.4 is 0 Å². The smallest absolute Gasteiger partial charge is 0.126 e. The van der Waals surface area contributed by atoms with E-state index in [-0.39, 0.29) is 49.8 Å². The van der Waals surface area contributed by atoms with Gasteiger partial charge in [0, 0.05) is 62.5 Å². The van der Waals surface area contributed by atoms with Crippen molar-refractivity contribution in [1.29, 1.82) is 0 Å². The van der Waals surface area contributed by atoms with Gasteiger partial charge < -0.3 is 39.4 Å². The van der Waals surface area contributed by atoms with Crippen molar-refractivity contribution < 1.29 is 39.4 Å². The number of methoxy groups -OCH3 is 4. The van der Waals surface area contributed by atoms with E-state index in [1.165, 1.54) is 0 Å². The van der Waals surface area contributed by atoms with Crippen LogP contribution in [0.1, 0.15) is 117 Å². The molecule has 5 aromatic rings. The van der Waals surface area contributed by atoms with E-state index < -0.39 is 0 Å². The number of phenols is 4. The Morgan fingerprint density at radius 2 is 0.536 bits per heavy atom. The van der Waals surface area contributed by atoms with Crippen LogP contribution in [0.2, 0.25) is 0 Å². The lowest BCUT2D eigenvalue weighted by Gasteiger charge is -2.26. The summed E-state index contributed by atoms with van der Waals surface area (Å²) in [7, 11) is 6.41. The minimum Gasteiger partial charge on any atom is -0.507 e. The molecule has 0 heterocycles. The predicted octanol–water partition coefficient (Wildman–Crippen LogP) is 9.70. The molecule has 0 saturated carbocycles. The minimum atomic E-state index is -0.333. The number of aryl methyl sites for hydroxylation is 4. The van der Waals surface area contributed by atoms with Gasteiger partial charge in [-0.05, 0) is 106 Å². The highest BCUT2D eigenvalue weighted by molar-refractivity contribution is 5.57. The second-order valence-corrected chi connectivity index (χ2v) is 14.4. The monoisotopic (exact) mass is 762 g/mol. The molecule has 8 nitrogen and oxygen atoms in total. The van der Waals surface area contributed by atoms with Crippen LogP contribution in [-0.2, 0) is 71.1 Å². The van der Waals surface area contributed by atoms with Gasteiger partial charge in [-0.3, -0.25) is 0 Å². The number of hydrogen-bond acceptors (Lipinski definition) is 8. The van der Waals surface area contributed by atoms with Gasteiger partial charge in [-0.25, -0.2) is 0 Å². The molecule has 0 spiro atoms. The van der Waals surface area contributed by atoms with E-state index in [0.717, 1.165) is 55.6 Å². The van der Waals surface area contributed by atoms with E-state index in [9.17, 15) is 20.4 Å². The number of benzene rings is 5. The standard InChI is InChI=1S/C48H58O8/c1-9-29-17-35(18-30(10-2)45(29)49)43(36-19-31(11-3)46(50)32(12-4)20-36)33-13-15-34(16-14-33)44(37-21-39(25-53-5)47(51)40(22-37)26-54-6)38-23-41(27-55-7)48(52)42(24-38)28-56-8/h13-24,43-44,49-52H,9-12,25-28H2,1-8H3. The molecule has 0 radical (unpaired) electrons. The first-order valence-electron chi connectivity index (χ1n) is 19.5. The quantitative estimate of drug-likeness (QED) is 0.0653. The summed E-state index contributed by atoms with van der Waals surface area (Å²) in [6, 6.07) is 25.0. The zero-order valence-corrected chi connectivity index (χ0v) is 34.2. The van der Waals surface area contributed by atoms with E-state index in [0.29, 0.717) is 59.4 Å². The van der Waals surface area contributed by atoms with Gasteiger partial charge in [0.2, 0.25) is 0 Å². The first kappa shape index (κ1) is 42.3. The zero-order valence-electron chi connectivity index (χ0n) is 34.2. The van der Waals surface area contributed by atoms with Crippen LogP contribution in [0, 0.1) is 0 Å². The number of phenolic OH excluding ortho intramolecular Hbond substituents is 4. The van der Waals surface area contributed by atoms with Crippen molar-refractivity contribution in [3.63, 3.8) is 0 Å². The molecule has 0 amide bonds. The van der Waals surface area contributed by atoms with E-state index in [4.69, 9.17) is 18.9 Å². The molecule has 0 bridgehead atoms. The van der Waals surface area contributed by atoms with Crippen molar-refractivity contribution in [2.75, 3.05) is 28.4 Å². The van der Waals surface area contributed by atoms with Crippen LogP contribution in [0.5, 0.6) is 23.0 Å². The summed E-state index contributed by atoms with van der Waals surface area (Å²) in [5.41, 5.74) is 12.2. The fourth-order valence-corrected chi connectivity index (χ4v) is 7.99. The average molecular weight is 763 g/mol. The number of rotatable bonds is 18. The molecule has 0 unspecified atom stereocenters. The summed E-state index contributed by atoms with van der Waals surface area (Å²) in [6.07, 6.45) is 2.78. The fraction of sp³-hybridized carbons (Fsp3) is 0.375. The summed E-state index contributed by atoms with van der Waals surface area (Å²) in [5, 5.41) is 44.6. The van der Waals surface area contributed by atoms with E-state index in [2.05, 4.69) is 76.2 Å². The van der Waals surface area contributed by atoms with E-state index in [1.807, 2.05) is 24.3 Å². The Balaban J connectivity index is 1.78. The van der Waals surface area contributed by atoms with E-state index in [1.54, 1.807) is 28.4 Å². The predicted molar refractivity (Wildman–Crippen MR) is 221 cm³/mol. The van der Waals surface area contributed by atoms with Gasteiger partial charge in [0.15, 0.2) is 0 Å². The molecular weight excluding hydrogens is 705 g/mol. The van der Waals surface area contributed by atoms with Crippen LogP contribution in [0.4, 0.5) is 0 Å². The highest BCUT2D eigenvalue weighted by Gasteiger charge is 2.26. The van der Waals surface area contributed by atoms with Crippen LogP contribution in [0.15, 0.2) is 72.8 Å². The Hall–Kier alpha value is -4.86. The van der Waals surface area contributed by atoms with Crippen molar-refractivity contribution in [1.82, 2.24) is 0 Å². The van der Waals surface area contributed by atoms with Crippen molar-refractivity contribution in [3.05, 3.63) is 151 Å². The average Bonchev–Trinajstić information content (AvgIpc) is 3.20. The van der Waals surface area contributed by atoms with Gasteiger partial charge in [-0.1, -0.05) is 76.2 Å². The lowest BCUT2D eigenvalue weighted by molar-refractivity contribution is 0.174. The van der Waals surface area contributed by atoms with Crippen LogP contribution >= 0.6 is 0 Å². The molecule has 0 aromatic heterocycles. The maximum Gasteiger partial charge on any atom is 0.126 e. The molecule has 56 heavy (non-hydrogen) atoms. The molecule has 298 valence electrons. The normalized spacial score (nSPS) is 11.6. The molecular formula is C48H58O8. The number of ether oxygens (including phenoxy) is 4. The molecule has 5 rings (SSSR count). The van der Waals surface area contributed by atoms with Crippen molar-refractivity contribution in [3.8, 4) is 23.0 Å². The van der Waals surface area contributed by atoms with Gasteiger partial charge in [0.25, 0.3) is 0 Å². The Bertz CT molecular complexity index is 1870. The van der Waals surface area contributed by atoms with Gasteiger partial charge in [0.1, 0.15) is 23.0 Å². The largest absolute Gasteiger partial charge is 0.507 e. The second-order valence-electron chi connectivity index (χ2n) is 14.4. The van der Waals surface area contributed by atoms with E-state index >= 15 is 0 Å². The maximum atomic E-state index is 11.2. The second kappa shape index (κ2) is 19.3. The molecule has 8 heteroatoms. The summed E-state index contributed by atoms with van der Waals surface area (Å²) in [4.78, 5) is 0. The summed E-state index contributed by atoms with van der Waals surface area (Å²) in [5.74, 6) is 0.474. The minimum absolute atomic E-state index is 0.138. The van der Waals surface area contributed by atoms with Gasteiger partial charge in [0.05, 0.1) is 26.4 Å². The van der Waals surface area contributed by atoms with Gasteiger partial charge in [-0.15, -0.1) is 0 Å². The fourth-order valence-electron chi connectivity index (χ4n) is 7.99. The highest BCUT2D eigenvalue weighted by atomic mass is 16.5. The van der Waals surface area contributed by atoms with Crippen molar-refractivity contribution >= 4 is 0 Å². The summed E-state index contributed by atoms with van der Waals surface area (Å²) >= 11 is 0. The molecule has 0 saturated heterocycles. The van der Waals surface area contributed by atoms with Gasteiger partial charge in [-0.2, -0.15) is 0 Å². The first-order chi connectivity index (χ1) is 27.1. The molecule has 0 aliphatic rings. The summed E-state index contributed by atoms with van der Waals surface area (Å²) < 4.78 is 22.1. The molecule has 5 aromatic carbocycles. The molecule has 0 aliphatic carbocycles. The molecule has 0 fully saturated rings. The highest BCUT2D eigenvalue weighted by Crippen LogP contribution is 2.43. The Morgan fingerprint density at radius 1 is 0.339 bits per heavy atom. The Morgan fingerprint density at radius 3 is 0.732 bits per heavy atom. The van der Waals surface area contributed by atoms with Crippen LogP contribution in [0.3, 0.4) is 0 Å². The molecule has 0 aliphatic heterocycles. The molecule has 0 atom stereocenters. The number of hydrogen-bond donors (Lipinski definition) is 4. The topological polar surface area (TPSA) is 118 Å². The van der Waals surface area contributed by atoms with Crippen LogP contribution in [0.25, 0.3) is 0 Å². The third-order valence-corrected chi connectivity index (χ3v) is 10.8. The van der Waals surface area contributed by atoms with Crippen molar-refractivity contribution in [2.45, 2.75) is 91.6 Å². The zero-order chi connectivity index (χ0) is 40.5.